The van der Waals surface area contributed by atoms with Crippen molar-refractivity contribution in [2.75, 3.05) is 23.9 Å². The van der Waals surface area contributed by atoms with Crippen molar-refractivity contribution in [3.05, 3.63) is 18.0 Å². The van der Waals surface area contributed by atoms with Crippen molar-refractivity contribution in [2.45, 2.75) is 18.7 Å². The summed E-state index contributed by atoms with van der Waals surface area (Å²) in [6.45, 7) is 1.67. The molecule has 2 N–H and O–H groups in total. The molecule has 1 heterocycles. The van der Waals surface area contributed by atoms with Crippen LogP contribution in [0, 0.1) is 0 Å². The Hall–Kier alpha value is -1.02. The minimum absolute atomic E-state index is 0.0785. The molecule has 1 aromatic rings. The van der Waals surface area contributed by atoms with Gasteiger partial charge < -0.3 is 10.4 Å². The Balaban J connectivity index is 2.69. The van der Waals surface area contributed by atoms with Crippen LogP contribution in [0.4, 0.5) is 19.1 Å². The monoisotopic (exact) mass is 281 g/mol. The van der Waals surface area contributed by atoms with E-state index in [-0.39, 0.29) is 12.5 Å². The van der Waals surface area contributed by atoms with Gasteiger partial charge in [0.2, 0.25) is 5.95 Å². The van der Waals surface area contributed by atoms with Crippen molar-refractivity contribution < 1.29 is 18.3 Å². The highest BCUT2D eigenvalue weighted by Crippen LogP contribution is 2.27. The molecule has 0 aliphatic rings. The van der Waals surface area contributed by atoms with Crippen LogP contribution in [-0.2, 0) is 6.18 Å². The van der Waals surface area contributed by atoms with Gasteiger partial charge in [-0.25, -0.2) is 9.97 Å². The second-order valence-corrected chi connectivity index (χ2v) is 4.91. The Morgan fingerprint density at radius 1 is 1.44 bits per heavy atom. The van der Waals surface area contributed by atoms with Crippen LogP contribution in [0.3, 0.4) is 0 Å². The lowest BCUT2D eigenvalue weighted by Crippen LogP contribution is -2.36. The van der Waals surface area contributed by atoms with Gasteiger partial charge in [0.1, 0.15) is 5.69 Å². The molecule has 0 saturated heterocycles. The van der Waals surface area contributed by atoms with Gasteiger partial charge in [-0.05, 0) is 19.2 Å². The van der Waals surface area contributed by atoms with E-state index in [4.69, 9.17) is 0 Å². The normalized spacial score (nSPS) is 15.2. The van der Waals surface area contributed by atoms with Gasteiger partial charge in [-0.15, -0.1) is 0 Å². The quantitative estimate of drug-likeness (QED) is 0.864. The van der Waals surface area contributed by atoms with Gasteiger partial charge in [0.25, 0.3) is 0 Å². The zero-order valence-corrected chi connectivity index (χ0v) is 10.8. The smallest absolute Gasteiger partial charge is 0.387 e. The lowest BCUT2D eigenvalue weighted by Gasteiger charge is -2.22. The molecule has 0 spiro atoms. The van der Waals surface area contributed by atoms with Crippen LogP contribution in [0.5, 0.6) is 0 Å². The zero-order valence-electron chi connectivity index (χ0n) is 9.95. The first-order valence-corrected chi connectivity index (χ1v) is 6.49. The summed E-state index contributed by atoms with van der Waals surface area (Å²) in [5, 5.41) is 12.4. The van der Waals surface area contributed by atoms with Crippen LogP contribution >= 0.6 is 11.8 Å². The topological polar surface area (TPSA) is 58.0 Å². The predicted molar refractivity (Wildman–Crippen MR) is 64.5 cm³/mol. The minimum atomic E-state index is -4.50. The molecule has 0 aromatic carbocycles. The molecule has 1 atom stereocenters. The number of aliphatic hydroxyl groups is 1. The van der Waals surface area contributed by atoms with Crippen LogP contribution in [0.25, 0.3) is 0 Å². The molecule has 102 valence electrons. The predicted octanol–water partition coefficient (Wildman–Crippen LogP) is 2.02. The largest absolute Gasteiger partial charge is 0.433 e. The van der Waals surface area contributed by atoms with E-state index in [1.807, 2.05) is 6.26 Å². The van der Waals surface area contributed by atoms with Crippen molar-refractivity contribution in [3.63, 3.8) is 0 Å². The van der Waals surface area contributed by atoms with Crippen molar-refractivity contribution in [1.29, 1.82) is 0 Å². The van der Waals surface area contributed by atoms with Crippen LogP contribution in [0.2, 0.25) is 0 Å². The maximum atomic E-state index is 12.4. The third kappa shape index (κ3) is 4.69. The highest BCUT2D eigenvalue weighted by molar-refractivity contribution is 7.98. The summed E-state index contributed by atoms with van der Waals surface area (Å²) in [7, 11) is 0. The second-order valence-electron chi connectivity index (χ2n) is 4.05. The van der Waals surface area contributed by atoms with Crippen LogP contribution in [0.15, 0.2) is 12.3 Å². The molecule has 0 unspecified atom stereocenters. The van der Waals surface area contributed by atoms with Gasteiger partial charge in [-0.1, -0.05) is 0 Å². The molecule has 1 rings (SSSR count). The summed E-state index contributed by atoms with van der Waals surface area (Å²) in [5.41, 5.74) is -2.04. The fourth-order valence-electron chi connectivity index (χ4n) is 1.23. The Labute approximate surface area is 107 Å². The Morgan fingerprint density at radius 3 is 2.67 bits per heavy atom. The van der Waals surface area contributed by atoms with Crippen molar-refractivity contribution in [3.8, 4) is 0 Å². The van der Waals surface area contributed by atoms with Gasteiger partial charge in [0.05, 0.1) is 5.60 Å². The van der Waals surface area contributed by atoms with Crippen molar-refractivity contribution >= 4 is 17.7 Å². The first-order chi connectivity index (χ1) is 8.24. The van der Waals surface area contributed by atoms with Gasteiger partial charge >= 0.3 is 6.18 Å². The maximum absolute atomic E-state index is 12.4. The zero-order chi connectivity index (χ0) is 13.8. The standard InChI is InChI=1S/C10H14F3N3OS/c1-9(17,6-18-2)5-15-8-14-4-3-7(16-8)10(11,12)13/h3-4,17H,5-6H2,1-2H3,(H,14,15,16)/t9-/m0/s1. The molecule has 8 heteroatoms. The molecule has 1 aromatic heterocycles. The summed E-state index contributed by atoms with van der Waals surface area (Å²) < 4.78 is 37.2. The van der Waals surface area contributed by atoms with E-state index in [2.05, 4.69) is 15.3 Å². The molecule has 0 saturated carbocycles. The molecule has 0 radical (unpaired) electrons. The molecule has 0 amide bonds. The first kappa shape index (κ1) is 15.0. The molecule has 0 aliphatic heterocycles. The van der Waals surface area contributed by atoms with E-state index in [0.717, 1.165) is 12.3 Å². The lowest BCUT2D eigenvalue weighted by atomic mass is 10.1. The molecular formula is C10H14F3N3OS. The Kier molecular flexibility index (Phi) is 4.80. The van der Waals surface area contributed by atoms with E-state index in [9.17, 15) is 18.3 Å². The SMILES string of the molecule is CSC[C@@](C)(O)CNc1nccc(C(F)(F)F)n1. The second kappa shape index (κ2) is 5.75. The fourth-order valence-corrected chi connectivity index (χ4v) is 1.96. The molecule has 0 fully saturated rings. The minimum Gasteiger partial charge on any atom is -0.387 e. The highest BCUT2D eigenvalue weighted by atomic mass is 32.2. The number of anilines is 1. The Morgan fingerprint density at radius 2 is 2.11 bits per heavy atom. The van der Waals surface area contributed by atoms with E-state index in [1.54, 1.807) is 6.92 Å². The highest BCUT2D eigenvalue weighted by Gasteiger charge is 2.32. The molecular weight excluding hydrogens is 267 g/mol. The summed E-state index contributed by atoms with van der Waals surface area (Å²) in [4.78, 5) is 7.02. The summed E-state index contributed by atoms with van der Waals surface area (Å²) in [5.74, 6) is 0.310. The molecule has 4 nitrogen and oxygen atoms in total. The van der Waals surface area contributed by atoms with Crippen LogP contribution in [-0.4, -0.2) is 39.2 Å². The van der Waals surface area contributed by atoms with Gasteiger partial charge in [0, 0.05) is 18.5 Å². The van der Waals surface area contributed by atoms with E-state index < -0.39 is 17.5 Å². The van der Waals surface area contributed by atoms with Gasteiger partial charge in [0.15, 0.2) is 0 Å². The van der Waals surface area contributed by atoms with Gasteiger partial charge in [-0.3, -0.25) is 0 Å². The number of hydrogen-bond donors (Lipinski definition) is 2. The van der Waals surface area contributed by atoms with Gasteiger partial charge in [-0.2, -0.15) is 24.9 Å². The first-order valence-electron chi connectivity index (χ1n) is 5.10. The fraction of sp³-hybridized carbons (Fsp3) is 0.600. The molecule has 18 heavy (non-hydrogen) atoms. The number of thioether (sulfide) groups is 1. The number of hydrogen-bond acceptors (Lipinski definition) is 5. The Bertz CT molecular complexity index is 398. The maximum Gasteiger partial charge on any atom is 0.433 e. The van der Waals surface area contributed by atoms with E-state index >= 15 is 0 Å². The molecule has 0 bridgehead atoms. The van der Waals surface area contributed by atoms with Crippen LogP contribution in [0.1, 0.15) is 12.6 Å². The van der Waals surface area contributed by atoms with Crippen molar-refractivity contribution in [2.24, 2.45) is 0 Å². The van der Waals surface area contributed by atoms with E-state index in [0.29, 0.717) is 5.75 Å². The number of nitrogens with one attached hydrogen (secondary N) is 1. The number of nitrogens with zero attached hydrogens (tertiary/aromatic N) is 2. The molecule has 0 aliphatic carbocycles. The third-order valence-electron chi connectivity index (χ3n) is 2.03. The summed E-state index contributed by atoms with van der Waals surface area (Å²) in [6.07, 6.45) is -1.64. The van der Waals surface area contributed by atoms with E-state index in [1.165, 1.54) is 11.8 Å². The summed E-state index contributed by atoms with van der Waals surface area (Å²) >= 11 is 1.44. The van der Waals surface area contributed by atoms with Crippen LogP contribution < -0.4 is 5.32 Å². The number of aromatic nitrogens is 2. The lowest BCUT2D eigenvalue weighted by molar-refractivity contribution is -0.141. The number of halogens is 3. The number of alkyl halides is 3. The average Bonchev–Trinajstić information content (AvgIpc) is 2.26. The third-order valence-corrected chi connectivity index (χ3v) is 2.94. The average molecular weight is 281 g/mol. The van der Waals surface area contributed by atoms with Crippen molar-refractivity contribution in [1.82, 2.24) is 9.97 Å². The summed E-state index contributed by atoms with van der Waals surface area (Å²) in [6, 6.07) is 0.797. The number of rotatable bonds is 5.